The molecule has 0 aliphatic rings. The fourth-order valence-corrected chi connectivity index (χ4v) is 3.47. The number of benzene rings is 1. The maximum atomic E-state index is 12.3. The molecule has 2 aromatic rings. The monoisotopic (exact) mass is 472 g/mol. The molecule has 0 spiro atoms. The molecule has 0 fully saturated rings. The summed E-state index contributed by atoms with van der Waals surface area (Å²) in [5.74, 6) is 0.166. The Morgan fingerprint density at radius 1 is 1.25 bits per heavy atom. The Morgan fingerprint density at radius 2 is 1.96 bits per heavy atom. The van der Waals surface area contributed by atoms with Crippen molar-refractivity contribution in [3.8, 4) is 5.75 Å². The molecule has 9 heteroatoms. The highest BCUT2D eigenvalue weighted by Crippen LogP contribution is 2.26. The number of rotatable bonds is 7. The average molecular weight is 472 g/mol. The Labute approximate surface area is 153 Å². The largest absolute Gasteiger partial charge is 0.484 e. The van der Waals surface area contributed by atoms with E-state index in [1.807, 2.05) is 0 Å². The molecule has 0 bridgehead atoms. The molecular weight excluding hydrogens is 452 g/mol. The molecule has 1 heterocycles. The molecule has 0 saturated heterocycles. The van der Waals surface area contributed by atoms with Crippen molar-refractivity contribution in [1.29, 1.82) is 0 Å². The van der Waals surface area contributed by atoms with Gasteiger partial charge in [-0.3, -0.25) is 0 Å². The van der Waals surface area contributed by atoms with E-state index >= 15 is 0 Å². The van der Waals surface area contributed by atoms with Crippen molar-refractivity contribution in [1.82, 2.24) is 9.78 Å². The van der Waals surface area contributed by atoms with Gasteiger partial charge in [0, 0.05) is 26.1 Å². The van der Waals surface area contributed by atoms with Gasteiger partial charge in [0.2, 0.25) is 0 Å². The molecule has 1 aromatic carbocycles. The van der Waals surface area contributed by atoms with Gasteiger partial charge >= 0.3 is 6.18 Å². The first-order chi connectivity index (χ1) is 11.1. The predicted octanol–water partition coefficient (Wildman–Crippen LogP) is 4.89. The van der Waals surface area contributed by atoms with Crippen LogP contribution in [0, 0.1) is 3.70 Å². The van der Waals surface area contributed by atoms with Gasteiger partial charge in [0.1, 0.15) is 16.2 Å². The summed E-state index contributed by atoms with van der Waals surface area (Å²) in [6.45, 7) is 6.42. The second-order valence-electron chi connectivity index (χ2n) is 6.72. The molecule has 0 atom stereocenters. The first-order valence-electron chi connectivity index (χ1n) is 7.48. The summed E-state index contributed by atoms with van der Waals surface area (Å²) in [7, 11) is -1.16. The van der Waals surface area contributed by atoms with Crippen LogP contribution in [0.25, 0.3) is 10.9 Å². The minimum absolute atomic E-state index is 0.166. The number of hydrogen-bond acceptors (Lipinski definition) is 3. The zero-order valence-electron chi connectivity index (χ0n) is 13.8. The Balaban J connectivity index is 2.09. The standard InChI is InChI=1S/C15H20F3IN2O2Si/c1-24(2,3)7-6-22-10-21-13-8-11(23-9-15(16,17)18)4-5-12(13)14(19)20-21/h4-5,8H,6-7,9-10H2,1-3H3. The quantitative estimate of drug-likeness (QED) is 0.327. The minimum Gasteiger partial charge on any atom is -0.484 e. The molecule has 0 amide bonds. The normalized spacial score (nSPS) is 12.8. The fraction of sp³-hybridized carbons (Fsp3) is 0.533. The number of fused-ring (bicyclic) bond motifs is 1. The molecule has 4 nitrogen and oxygen atoms in total. The van der Waals surface area contributed by atoms with Crippen LogP contribution >= 0.6 is 22.6 Å². The van der Waals surface area contributed by atoms with Gasteiger partial charge in [-0.1, -0.05) is 19.6 Å². The van der Waals surface area contributed by atoms with Crippen LogP contribution in [0.5, 0.6) is 5.75 Å². The molecule has 0 unspecified atom stereocenters. The number of ether oxygens (including phenoxy) is 2. The lowest BCUT2D eigenvalue weighted by atomic mass is 10.2. The van der Waals surface area contributed by atoms with Crippen molar-refractivity contribution in [2.45, 2.75) is 38.6 Å². The van der Waals surface area contributed by atoms with Gasteiger partial charge in [-0.2, -0.15) is 18.3 Å². The Kier molecular flexibility index (Phi) is 6.18. The molecule has 2 rings (SSSR count). The molecule has 0 radical (unpaired) electrons. The highest BCUT2D eigenvalue weighted by Gasteiger charge is 2.28. The zero-order chi connectivity index (χ0) is 18.0. The van der Waals surface area contributed by atoms with Gasteiger partial charge in [-0.25, -0.2) is 4.68 Å². The number of aromatic nitrogens is 2. The van der Waals surface area contributed by atoms with Crippen LogP contribution in [0.15, 0.2) is 18.2 Å². The van der Waals surface area contributed by atoms with Gasteiger partial charge in [0.25, 0.3) is 0 Å². The maximum Gasteiger partial charge on any atom is 0.422 e. The highest BCUT2D eigenvalue weighted by atomic mass is 127. The minimum atomic E-state index is -4.36. The third kappa shape index (κ3) is 5.92. The average Bonchev–Trinajstić information content (AvgIpc) is 2.76. The molecule has 134 valence electrons. The first-order valence-corrected chi connectivity index (χ1v) is 12.3. The van der Waals surface area contributed by atoms with E-state index in [0.29, 0.717) is 12.1 Å². The second kappa shape index (κ2) is 7.61. The van der Waals surface area contributed by atoms with Crippen molar-refractivity contribution in [2.75, 3.05) is 13.2 Å². The van der Waals surface area contributed by atoms with E-state index in [2.05, 4.69) is 47.3 Å². The van der Waals surface area contributed by atoms with E-state index in [-0.39, 0.29) is 12.5 Å². The molecule has 0 saturated carbocycles. The number of nitrogens with zero attached hydrogens (tertiary/aromatic N) is 2. The number of alkyl halides is 3. The highest BCUT2D eigenvalue weighted by molar-refractivity contribution is 14.1. The lowest BCUT2D eigenvalue weighted by molar-refractivity contribution is -0.153. The fourth-order valence-electron chi connectivity index (χ4n) is 2.00. The van der Waals surface area contributed by atoms with Crippen molar-refractivity contribution in [2.24, 2.45) is 0 Å². The van der Waals surface area contributed by atoms with E-state index in [1.165, 1.54) is 6.07 Å². The number of hydrogen-bond donors (Lipinski definition) is 0. The van der Waals surface area contributed by atoms with E-state index in [4.69, 9.17) is 9.47 Å². The smallest absolute Gasteiger partial charge is 0.422 e. The summed E-state index contributed by atoms with van der Waals surface area (Å²) in [5, 5.41) is 5.25. The molecule has 0 aliphatic carbocycles. The summed E-state index contributed by atoms with van der Waals surface area (Å²) in [6, 6.07) is 5.85. The van der Waals surface area contributed by atoms with Crippen molar-refractivity contribution in [3.63, 3.8) is 0 Å². The first kappa shape index (κ1) is 19.5. The summed E-state index contributed by atoms with van der Waals surface area (Å²) < 4.78 is 49.8. The summed E-state index contributed by atoms with van der Waals surface area (Å²) >= 11 is 2.10. The Morgan fingerprint density at radius 3 is 2.58 bits per heavy atom. The van der Waals surface area contributed by atoms with Crippen LogP contribution in [0.1, 0.15) is 0 Å². The third-order valence-corrected chi connectivity index (χ3v) is 5.79. The van der Waals surface area contributed by atoms with Gasteiger partial charge in [-0.15, -0.1) is 0 Å². The molecule has 24 heavy (non-hydrogen) atoms. The van der Waals surface area contributed by atoms with Crippen LogP contribution in [0.2, 0.25) is 25.7 Å². The van der Waals surface area contributed by atoms with Crippen molar-refractivity contribution < 1.29 is 22.6 Å². The molecule has 0 aliphatic heterocycles. The molecular formula is C15H20F3IN2O2Si. The van der Waals surface area contributed by atoms with Crippen LogP contribution in [0.3, 0.4) is 0 Å². The molecule has 1 aromatic heterocycles. The summed E-state index contributed by atoms with van der Waals surface area (Å²) in [6.07, 6.45) is -4.36. The Bertz CT molecular complexity index is 698. The summed E-state index contributed by atoms with van der Waals surface area (Å²) in [4.78, 5) is 0. The van der Waals surface area contributed by atoms with E-state index in [9.17, 15) is 13.2 Å². The van der Waals surface area contributed by atoms with Crippen molar-refractivity contribution in [3.05, 3.63) is 21.9 Å². The van der Waals surface area contributed by atoms with Crippen LogP contribution in [-0.4, -0.2) is 37.2 Å². The topological polar surface area (TPSA) is 36.3 Å². The number of halogens is 4. The van der Waals surface area contributed by atoms with Crippen LogP contribution in [0.4, 0.5) is 13.2 Å². The lowest BCUT2D eigenvalue weighted by Crippen LogP contribution is -2.22. The van der Waals surface area contributed by atoms with E-state index in [0.717, 1.165) is 15.1 Å². The second-order valence-corrected chi connectivity index (χ2v) is 13.4. The van der Waals surface area contributed by atoms with Gasteiger partial charge < -0.3 is 9.47 Å². The van der Waals surface area contributed by atoms with Gasteiger partial charge in [0.15, 0.2) is 6.61 Å². The SMILES string of the molecule is C[Si](C)(C)CCOCn1nc(I)c2ccc(OCC(F)(F)F)cc21. The Hall–Kier alpha value is -0.813. The van der Waals surface area contributed by atoms with Crippen LogP contribution < -0.4 is 4.74 Å². The van der Waals surface area contributed by atoms with E-state index in [1.54, 1.807) is 16.8 Å². The maximum absolute atomic E-state index is 12.3. The third-order valence-electron chi connectivity index (χ3n) is 3.29. The van der Waals surface area contributed by atoms with Crippen LogP contribution in [-0.2, 0) is 11.5 Å². The predicted molar refractivity (Wildman–Crippen MR) is 98.1 cm³/mol. The van der Waals surface area contributed by atoms with E-state index < -0.39 is 20.9 Å². The summed E-state index contributed by atoms with van der Waals surface area (Å²) in [5.41, 5.74) is 0.701. The van der Waals surface area contributed by atoms with Gasteiger partial charge in [-0.05, 0) is 40.8 Å². The van der Waals surface area contributed by atoms with Gasteiger partial charge in [0.05, 0.1) is 5.52 Å². The molecule has 0 N–H and O–H groups in total. The zero-order valence-corrected chi connectivity index (χ0v) is 16.9. The van der Waals surface area contributed by atoms with Crippen molar-refractivity contribution >= 4 is 41.6 Å². The lowest BCUT2D eigenvalue weighted by Gasteiger charge is -2.15.